The van der Waals surface area contributed by atoms with Gasteiger partial charge >= 0.3 is 0 Å². The average Bonchev–Trinajstić information content (AvgIpc) is 2.93. The number of thiophene rings is 1. The lowest BCUT2D eigenvalue weighted by Crippen LogP contribution is -2.53. The quantitative estimate of drug-likeness (QED) is 0.883. The van der Waals surface area contributed by atoms with Gasteiger partial charge in [0.2, 0.25) is 5.91 Å². The third kappa shape index (κ3) is 2.43. The molecular formula is C13H19N3OS. The summed E-state index contributed by atoms with van der Waals surface area (Å²) in [4.78, 5) is 17.8. The van der Waals surface area contributed by atoms with Crippen molar-refractivity contribution in [2.24, 2.45) is 5.73 Å². The Morgan fingerprint density at radius 1 is 1.33 bits per heavy atom. The van der Waals surface area contributed by atoms with E-state index in [9.17, 15) is 4.79 Å². The van der Waals surface area contributed by atoms with Gasteiger partial charge in [-0.15, -0.1) is 11.3 Å². The van der Waals surface area contributed by atoms with Crippen LogP contribution in [0.1, 0.15) is 17.7 Å². The molecule has 0 bridgehead atoms. The van der Waals surface area contributed by atoms with E-state index in [2.05, 4.69) is 22.4 Å². The number of hydrogen-bond donors (Lipinski definition) is 1. The van der Waals surface area contributed by atoms with Crippen molar-refractivity contribution < 1.29 is 4.79 Å². The summed E-state index contributed by atoms with van der Waals surface area (Å²) in [5.74, 6) is 0.165. The van der Waals surface area contributed by atoms with Crippen molar-refractivity contribution in [1.82, 2.24) is 9.80 Å². The fraction of sp³-hybridized carbons (Fsp3) is 0.615. The standard InChI is InChI=1S/C13H19N3OS/c14-13(3-4-13)12(17)16-7-5-15(6-8-16)10-11-2-1-9-18-11/h1-2,9H,3-8,10,14H2. The molecule has 1 saturated carbocycles. The maximum Gasteiger partial charge on any atom is 0.242 e. The molecule has 18 heavy (non-hydrogen) atoms. The normalized spacial score (nSPS) is 23.1. The van der Waals surface area contributed by atoms with E-state index in [-0.39, 0.29) is 5.91 Å². The molecule has 1 amide bonds. The van der Waals surface area contributed by atoms with E-state index in [1.165, 1.54) is 4.88 Å². The van der Waals surface area contributed by atoms with Crippen LogP contribution in [-0.2, 0) is 11.3 Å². The van der Waals surface area contributed by atoms with Crippen LogP contribution < -0.4 is 5.73 Å². The highest BCUT2D eigenvalue weighted by molar-refractivity contribution is 7.09. The Morgan fingerprint density at radius 2 is 2.06 bits per heavy atom. The second-order valence-corrected chi connectivity index (χ2v) is 6.34. The Morgan fingerprint density at radius 3 is 2.61 bits per heavy atom. The van der Waals surface area contributed by atoms with Gasteiger partial charge < -0.3 is 10.6 Å². The first kappa shape index (κ1) is 12.1. The van der Waals surface area contributed by atoms with Crippen LogP contribution in [0.15, 0.2) is 17.5 Å². The number of nitrogens with zero attached hydrogens (tertiary/aromatic N) is 2. The van der Waals surface area contributed by atoms with Crippen molar-refractivity contribution in [3.63, 3.8) is 0 Å². The topological polar surface area (TPSA) is 49.6 Å². The largest absolute Gasteiger partial charge is 0.339 e. The van der Waals surface area contributed by atoms with Crippen LogP contribution in [0.25, 0.3) is 0 Å². The van der Waals surface area contributed by atoms with Crippen LogP contribution in [0.5, 0.6) is 0 Å². The third-order valence-electron chi connectivity index (χ3n) is 3.83. The first-order valence-electron chi connectivity index (χ1n) is 6.50. The van der Waals surface area contributed by atoms with Crippen LogP contribution >= 0.6 is 11.3 Å². The van der Waals surface area contributed by atoms with Gasteiger partial charge in [-0.3, -0.25) is 9.69 Å². The lowest BCUT2D eigenvalue weighted by molar-refractivity contribution is -0.135. The van der Waals surface area contributed by atoms with Crippen LogP contribution in [-0.4, -0.2) is 47.4 Å². The molecule has 4 nitrogen and oxygen atoms in total. The lowest BCUT2D eigenvalue weighted by atomic mass is 10.2. The van der Waals surface area contributed by atoms with Crippen molar-refractivity contribution in [2.75, 3.05) is 26.2 Å². The predicted octanol–water partition coefficient (Wildman–Crippen LogP) is 0.884. The number of carbonyl (C=O) groups is 1. The maximum absolute atomic E-state index is 12.1. The van der Waals surface area contributed by atoms with E-state index in [1.807, 2.05) is 4.90 Å². The molecule has 2 aliphatic rings. The number of amides is 1. The molecule has 2 fully saturated rings. The van der Waals surface area contributed by atoms with Crippen molar-refractivity contribution in [3.05, 3.63) is 22.4 Å². The first-order chi connectivity index (χ1) is 8.67. The molecule has 1 aliphatic carbocycles. The molecule has 1 aromatic rings. The van der Waals surface area contributed by atoms with E-state index in [1.54, 1.807) is 11.3 Å². The van der Waals surface area contributed by atoms with E-state index in [0.29, 0.717) is 0 Å². The van der Waals surface area contributed by atoms with Crippen molar-refractivity contribution in [1.29, 1.82) is 0 Å². The molecule has 0 radical (unpaired) electrons. The Bertz CT molecular complexity index is 419. The molecular weight excluding hydrogens is 246 g/mol. The highest BCUT2D eigenvalue weighted by atomic mass is 32.1. The Labute approximate surface area is 111 Å². The summed E-state index contributed by atoms with van der Waals surface area (Å²) in [7, 11) is 0. The smallest absolute Gasteiger partial charge is 0.242 e. The van der Waals surface area contributed by atoms with Crippen LogP contribution in [0, 0.1) is 0 Å². The van der Waals surface area contributed by atoms with Gasteiger partial charge in [0.15, 0.2) is 0 Å². The fourth-order valence-electron chi connectivity index (χ4n) is 2.40. The summed E-state index contributed by atoms with van der Waals surface area (Å²) in [5.41, 5.74) is 5.46. The van der Waals surface area contributed by atoms with Crippen molar-refractivity contribution >= 4 is 17.2 Å². The molecule has 2 N–H and O–H groups in total. The second kappa shape index (κ2) is 4.64. The van der Waals surface area contributed by atoms with E-state index in [0.717, 1.165) is 45.6 Å². The minimum absolute atomic E-state index is 0.165. The van der Waals surface area contributed by atoms with Gasteiger partial charge in [-0.1, -0.05) is 6.07 Å². The SMILES string of the molecule is NC1(C(=O)N2CCN(Cc3cccs3)CC2)CC1. The van der Waals surface area contributed by atoms with E-state index < -0.39 is 5.54 Å². The van der Waals surface area contributed by atoms with Crippen molar-refractivity contribution in [3.8, 4) is 0 Å². The third-order valence-corrected chi connectivity index (χ3v) is 4.69. The summed E-state index contributed by atoms with van der Waals surface area (Å²) in [6.45, 7) is 4.57. The van der Waals surface area contributed by atoms with Crippen LogP contribution in [0.2, 0.25) is 0 Å². The minimum Gasteiger partial charge on any atom is -0.339 e. The summed E-state index contributed by atoms with van der Waals surface area (Å²) in [6, 6.07) is 4.26. The van der Waals surface area contributed by atoms with Gasteiger partial charge in [-0.05, 0) is 24.3 Å². The summed E-state index contributed by atoms with van der Waals surface area (Å²) < 4.78 is 0. The highest BCUT2D eigenvalue weighted by Crippen LogP contribution is 2.34. The zero-order chi connectivity index (χ0) is 12.6. The van der Waals surface area contributed by atoms with E-state index >= 15 is 0 Å². The summed E-state index contributed by atoms with van der Waals surface area (Å²) >= 11 is 1.80. The molecule has 0 spiro atoms. The van der Waals surface area contributed by atoms with Gasteiger partial charge in [0, 0.05) is 37.6 Å². The Balaban J connectivity index is 1.50. The molecule has 0 unspecified atom stereocenters. The van der Waals surface area contributed by atoms with Crippen molar-refractivity contribution in [2.45, 2.75) is 24.9 Å². The molecule has 2 heterocycles. The molecule has 1 saturated heterocycles. The van der Waals surface area contributed by atoms with Gasteiger partial charge in [0.25, 0.3) is 0 Å². The molecule has 1 aromatic heterocycles. The molecule has 0 aromatic carbocycles. The monoisotopic (exact) mass is 265 g/mol. The fourth-order valence-corrected chi connectivity index (χ4v) is 3.14. The minimum atomic E-state index is -0.504. The summed E-state index contributed by atoms with van der Waals surface area (Å²) in [6.07, 6.45) is 1.72. The van der Waals surface area contributed by atoms with Crippen LogP contribution in [0.3, 0.4) is 0 Å². The van der Waals surface area contributed by atoms with Gasteiger partial charge in [-0.2, -0.15) is 0 Å². The zero-order valence-electron chi connectivity index (χ0n) is 10.5. The Hall–Kier alpha value is -0.910. The maximum atomic E-state index is 12.1. The zero-order valence-corrected chi connectivity index (χ0v) is 11.3. The summed E-state index contributed by atoms with van der Waals surface area (Å²) in [5, 5.41) is 2.11. The number of rotatable bonds is 3. The molecule has 3 rings (SSSR count). The number of carbonyl (C=O) groups excluding carboxylic acids is 1. The molecule has 98 valence electrons. The lowest BCUT2D eigenvalue weighted by Gasteiger charge is -2.35. The average molecular weight is 265 g/mol. The van der Waals surface area contributed by atoms with Crippen LogP contribution in [0.4, 0.5) is 0 Å². The molecule has 0 atom stereocenters. The number of hydrogen-bond acceptors (Lipinski definition) is 4. The highest BCUT2D eigenvalue weighted by Gasteiger charge is 2.48. The van der Waals surface area contributed by atoms with Gasteiger partial charge in [0.1, 0.15) is 0 Å². The Kier molecular flexibility index (Phi) is 3.13. The number of nitrogens with two attached hydrogens (primary N) is 1. The first-order valence-corrected chi connectivity index (χ1v) is 7.38. The second-order valence-electron chi connectivity index (χ2n) is 5.30. The van der Waals surface area contributed by atoms with Gasteiger partial charge in [0.05, 0.1) is 5.54 Å². The van der Waals surface area contributed by atoms with Gasteiger partial charge in [-0.25, -0.2) is 0 Å². The number of piperazine rings is 1. The molecule has 1 aliphatic heterocycles. The predicted molar refractivity (Wildman–Crippen MR) is 72.3 cm³/mol. The van der Waals surface area contributed by atoms with E-state index in [4.69, 9.17) is 5.73 Å². The molecule has 5 heteroatoms.